The molecule has 4 rings (SSSR count). The molecule has 142 valence electrons. The molecule has 0 aliphatic carbocycles. The van der Waals surface area contributed by atoms with Gasteiger partial charge in [0.2, 0.25) is 6.41 Å². The number of aromatic nitrogens is 1. The van der Waals surface area contributed by atoms with E-state index in [4.69, 9.17) is 10.1 Å². The normalized spacial score (nSPS) is 10.6. The van der Waals surface area contributed by atoms with Crippen LogP contribution in [0, 0.1) is 0 Å². The van der Waals surface area contributed by atoms with Gasteiger partial charge < -0.3 is 10.0 Å². The highest BCUT2D eigenvalue weighted by Crippen LogP contribution is 2.31. The van der Waals surface area contributed by atoms with Crippen LogP contribution < -0.4 is 4.90 Å². The maximum absolute atomic E-state index is 12.0. The highest BCUT2D eigenvalue weighted by Gasteiger charge is 2.14. The van der Waals surface area contributed by atoms with Crippen LogP contribution in [0.4, 0.5) is 5.69 Å². The number of benzene rings is 3. The van der Waals surface area contributed by atoms with E-state index in [1.807, 2.05) is 60.7 Å². The third-order valence-corrected chi connectivity index (χ3v) is 4.75. The average molecular weight is 382 g/mol. The molecule has 3 aromatic carbocycles. The van der Waals surface area contributed by atoms with Crippen molar-refractivity contribution in [2.24, 2.45) is 0 Å². The van der Waals surface area contributed by atoms with Gasteiger partial charge in [-0.05, 0) is 29.8 Å². The van der Waals surface area contributed by atoms with E-state index in [2.05, 4.69) is 0 Å². The van der Waals surface area contributed by atoms with Gasteiger partial charge in [0.05, 0.1) is 29.0 Å². The van der Waals surface area contributed by atoms with Crippen molar-refractivity contribution in [2.45, 2.75) is 6.54 Å². The van der Waals surface area contributed by atoms with Crippen LogP contribution in [0.2, 0.25) is 0 Å². The molecule has 1 heterocycles. The highest BCUT2D eigenvalue weighted by molar-refractivity contribution is 5.98. The van der Waals surface area contributed by atoms with Crippen LogP contribution in [0.25, 0.3) is 22.2 Å². The zero-order valence-corrected chi connectivity index (χ0v) is 15.5. The van der Waals surface area contributed by atoms with Gasteiger partial charge >= 0.3 is 5.97 Å². The van der Waals surface area contributed by atoms with E-state index >= 15 is 0 Å². The number of fused-ring (bicyclic) bond motifs is 1. The molecule has 0 unspecified atom stereocenters. The number of amides is 1. The van der Waals surface area contributed by atoms with Crippen molar-refractivity contribution in [1.82, 2.24) is 4.98 Å². The number of rotatable bonds is 6. The standard InChI is InChI=1S/C24H18N2O3/c27-16-26(15-17-10-12-19(13-11-17)24(28)29)23-14-22(18-6-2-1-3-7-18)25-21-9-5-4-8-20(21)23/h1-14,16H,15H2,(H,28,29). The van der Waals surface area contributed by atoms with Gasteiger partial charge in [0.15, 0.2) is 0 Å². The van der Waals surface area contributed by atoms with Gasteiger partial charge in [-0.3, -0.25) is 4.79 Å². The highest BCUT2D eigenvalue weighted by atomic mass is 16.4. The molecule has 0 aliphatic rings. The minimum Gasteiger partial charge on any atom is -0.478 e. The lowest BCUT2D eigenvalue weighted by Crippen LogP contribution is -2.21. The number of hydrogen-bond acceptors (Lipinski definition) is 3. The summed E-state index contributed by atoms with van der Waals surface area (Å²) in [6.45, 7) is 0.325. The van der Waals surface area contributed by atoms with Gasteiger partial charge in [-0.2, -0.15) is 0 Å². The Hall–Kier alpha value is -3.99. The van der Waals surface area contributed by atoms with E-state index in [0.717, 1.165) is 39.8 Å². The first kappa shape index (κ1) is 18.4. The summed E-state index contributed by atoms with van der Waals surface area (Å²) < 4.78 is 0. The van der Waals surface area contributed by atoms with Gasteiger partial charge in [-0.25, -0.2) is 9.78 Å². The largest absolute Gasteiger partial charge is 0.478 e. The van der Waals surface area contributed by atoms with Gasteiger partial charge in [-0.15, -0.1) is 0 Å². The van der Waals surface area contributed by atoms with Gasteiger partial charge in [0.1, 0.15) is 0 Å². The predicted molar refractivity (Wildman–Crippen MR) is 113 cm³/mol. The number of carbonyl (C=O) groups excluding carboxylic acids is 1. The summed E-state index contributed by atoms with van der Waals surface area (Å²) in [5.41, 5.74) is 4.36. The average Bonchev–Trinajstić information content (AvgIpc) is 2.77. The fourth-order valence-corrected chi connectivity index (χ4v) is 3.28. The molecule has 5 heteroatoms. The maximum atomic E-state index is 12.0. The second kappa shape index (κ2) is 7.94. The zero-order valence-electron chi connectivity index (χ0n) is 15.5. The Morgan fingerprint density at radius 3 is 2.31 bits per heavy atom. The number of anilines is 1. The van der Waals surface area contributed by atoms with E-state index in [9.17, 15) is 9.59 Å². The van der Waals surface area contributed by atoms with Crippen LogP contribution in [0.3, 0.4) is 0 Å². The molecule has 4 aromatic rings. The number of carboxylic acid groups (broad SMARTS) is 1. The molecule has 0 bridgehead atoms. The van der Waals surface area contributed by atoms with Crippen molar-refractivity contribution in [3.63, 3.8) is 0 Å². The first-order chi connectivity index (χ1) is 14.2. The monoisotopic (exact) mass is 382 g/mol. The Morgan fingerprint density at radius 2 is 1.62 bits per heavy atom. The van der Waals surface area contributed by atoms with Crippen molar-refractivity contribution in [3.8, 4) is 11.3 Å². The first-order valence-electron chi connectivity index (χ1n) is 9.15. The number of nitrogens with zero attached hydrogens (tertiary/aromatic N) is 2. The maximum Gasteiger partial charge on any atom is 0.335 e. The molecule has 0 spiro atoms. The van der Waals surface area contributed by atoms with E-state index in [0.29, 0.717) is 6.54 Å². The van der Waals surface area contributed by atoms with Gasteiger partial charge in [0.25, 0.3) is 0 Å². The van der Waals surface area contributed by atoms with Crippen molar-refractivity contribution in [1.29, 1.82) is 0 Å². The molecule has 0 atom stereocenters. The zero-order chi connectivity index (χ0) is 20.2. The molecule has 1 N–H and O–H groups in total. The molecule has 0 saturated heterocycles. The Bertz CT molecular complexity index is 1170. The SMILES string of the molecule is O=CN(Cc1ccc(C(=O)O)cc1)c1cc(-c2ccccc2)nc2ccccc12. The Labute approximate surface area is 167 Å². The first-order valence-corrected chi connectivity index (χ1v) is 9.15. The number of hydrogen-bond donors (Lipinski definition) is 1. The Morgan fingerprint density at radius 1 is 0.931 bits per heavy atom. The topological polar surface area (TPSA) is 70.5 Å². The summed E-state index contributed by atoms with van der Waals surface area (Å²) in [6, 6.07) is 26.0. The van der Waals surface area contributed by atoms with E-state index in [-0.39, 0.29) is 5.56 Å². The van der Waals surface area contributed by atoms with Crippen molar-refractivity contribution in [3.05, 3.63) is 96.1 Å². The van der Waals surface area contributed by atoms with E-state index in [1.165, 1.54) is 0 Å². The molecule has 5 nitrogen and oxygen atoms in total. The minimum absolute atomic E-state index is 0.215. The molecular weight excluding hydrogens is 364 g/mol. The molecule has 1 amide bonds. The summed E-state index contributed by atoms with van der Waals surface area (Å²) in [5, 5.41) is 9.94. The van der Waals surface area contributed by atoms with Crippen LogP contribution in [0.1, 0.15) is 15.9 Å². The molecule has 29 heavy (non-hydrogen) atoms. The molecular formula is C24H18N2O3. The summed E-state index contributed by atoms with van der Waals surface area (Å²) in [5.74, 6) is -0.976. The fraction of sp³-hybridized carbons (Fsp3) is 0.0417. The fourth-order valence-electron chi connectivity index (χ4n) is 3.28. The van der Waals surface area contributed by atoms with E-state index < -0.39 is 5.97 Å². The quantitative estimate of drug-likeness (QED) is 0.488. The lowest BCUT2D eigenvalue weighted by Gasteiger charge is -2.21. The van der Waals surface area contributed by atoms with Crippen LogP contribution in [0.15, 0.2) is 84.9 Å². The van der Waals surface area contributed by atoms with Crippen molar-refractivity contribution in [2.75, 3.05) is 4.90 Å². The molecule has 0 radical (unpaired) electrons. The number of pyridine rings is 1. The summed E-state index contributed by atoms with van der Waals surface area (Å²) in [7, 11) is 0. The second-order valence-electron chi connectivity index (χ2n) is 6.65. The molecule has 0 fully saturated rings. The third kappa shape index (κ3) is 3.84. The van der Waals surface area contributed by atoms with Crippen LogP contribution in [-0.4, -0.2) is 22.5 Å². The van der Waals surface area contributed by atoms with Crippen LogP contribution in [0.5, 0.6) is 0 Å². The second-order valence-corrected chi connectivity index (χ2v) is 6.65. The van der Waals surface area contributed by atoms with Gasteiger partial charge in [0, 0.05) is 10.9 Å². The lowest BCUT2D eigenvalue weighted by atomic mass is 10.1. The van der Waals surface area contributed by atoms with E-state index in [1.54, 1.807) is 29.2 Å². The summed E-state index contributed by atoms with van der Waals surface area (Å²) >= 11 is 0. The number of carbonyl (C=O) groups is 2. The van der Waals surface area contributed by atoms with Crippen LogP contribution >= 0.6 is 0 Å². The number of aromatic carboxylic acids is 1. The Balaban J connectivity index is 1.77. The number of carboxylic acids is 1. The summed E-state index contributed by atoms with van der Waals surface area (Å²) in [6.07, 6.45) is 0.793. The Kier molecular flexibility index (Phi) is 5.03. The molecule has 0 aliphatic heterocycles. The van der Waals surface area contributed by atoms with Gasteiger partial charge in [-0.1, -0.05) is 60.7 Å². The minimum atomic E-state index is -0.976. The van der Waals surface area contributed by atoms with Crippen LogP contribution in [-0.2, 0) is 11.3 Å². The van der Waals surface area contributed by atoms with Crippen molar-refractivity contribution >= 4 is 29.0 Å². The lowest BCUT2D eigenvalue weighted by molar-refractivity contribution is -0.107. The number of para-hydroxylation sites is 1. The predicted octanol–water partition coefficient (Wildman–Crippen LogP) is 4.76. The molecule has 1 aromatic heterocycles. The third-order valence-electron chi connectivity index (χ3n) is 4.75. The smallest absolute Gasteiger partial charge is 0.335 e. The molecule has 0 saturated carbocycles. The summed E-state index contributed by atoms with van der Waals surface area (Å²) in [4.78, 5) is 29.4. The van der Waals surface area contributed by atoms with Crippen molar-refractivity contribution < 1.29 is 14.7 Å².